The van der Waals surface area contributed by atoms with Crippen LogP contribution in [0.5, 0.6) is 0 Å². The summed E-state index contributed by atoms with van der Waals surface area (Å²) in [5.74, 6) is 0.477. The number of ether oxygens (including phenoxy) is 1. The lowest BCUT2D eigenvalue weighted by Crippen LogP contribution is -2.13. The van der Waals surface area contributed by atoms with Crippen molar-refractivity contribution in [2.24, 2.45) is 0 Å². The van der Waals surface area contributed by atoms with E-state index in [1.807, 2.05) is 32.2 Å². The van der Waals surface area contributed by atoms with Gasteiger partial charge in [0.1, 0.15) is 24.7 Å². The van der Waals surface area contributed by atoms with Crippen LogP contribution in [0.3, 0.4) is 0 Å². The van der Waals surface area contributed by atoms with Gasteiger partial charge in [-0.05, 0) is 39.8 Å². The maximum absolute atomic E-state index is 11.0. The number of aromatic nitrogens is 5. The molecule has 152 valence electrons. The molecule has 0 atom stereocenters. The molecule has 2 N–H and O–H groups in total. The number of carbonyl (C=O) groups excluding carboxylic acids is 1. The molecule has 0 radical (unpaired) electrons. The van der Waals surface area contributed by atoms with Crippen LogP contribution < -0.4 is 0 Å². The quantitative estimate of drug-likeness (QED) is 0.647. The molecular weight excluding hydrogens is 362 g/mol. The molecule has 0 saturated carbocycles. The molecule has 28 heavy (non-hydrogen) atoms. The Morgan fingerprint density at radius 1 is 1.07 bits per heavy atom. The lowest BCUT2D eigenvalue weighted by Gasteiger charge is -2.03. The molecule has 0 unspecified atom stereocenters. The summed E-state index contributed by atoms with van der Waals surface area (Å²) in [6.07, 6.45) is 8.55. The van der Waals surface area contributed by atoms with Gasteiger partial charge in [0.2, 0.25) is 0 Å². The summed E-state index contributed by atoms with van der Waals surface area (Å²) in [7, 11) is 0. The second-order valence-electron chi connectivity index (χ2n) is 5.76. The smallest absolute Gasteiger partial charge is 0.325 e. The predicted octanol–water partition coefficient (Wildman–Crippen LogP) is 2.35. The monoisotopic (exact) mass is 389 g/mol. The van der Waals surface area contributed by atoms with E-state index in [9.17, 15) is 9.59 Å². The molecular formula is C19H27N5O4. The number of aryl methyl sites for hydroxylation is 3. The van der Waals surface area contributed by atoms with Crippen LogP contribution in [-0.4, -0.2) is 47.7 Å². The van der Waals surface area contributed by atoms with Crippen LogP contribution >= 0.6 is 0 Å². The molecule has 0 aromatic carbocycles. The van der Waals surface area contributed by atoms with Crippen molar-refractivity contribution in [3.63, 3.8) is 0 Å². The molecule has 0 saturated heterocycles. The Bertz CT molecular complexity index is 836. The number of hydrogen-bond acceptors (Lipinski definition) is 5. The summed E-state index contributed by atoms with van der Waals surface area (Å²) in [6.45, 7) is 8.10. The van der Waals surface area contributed by atoms with E-state index in [4.69, 9.17) is 9.84 Å². The standard InChI is InChI=1S/C8H12N2O2.C6H8N2O2.C5H7N/c1-3-12-8(11)6-10-5-4-9-7(10)2;1-5-7-2-3-8(5)4-6(9)10;1-5-3-2-4-6-5/h4-5H,3,6H2,1-2H3;2-3H,4H2,1H3,(H,9,10);2-4,6H,1H3. The number of rotatable bonds is 5. The maximum Gasteiger partial charge on any atom is 0.325 e. The number of imidazole rings is 2. The molecule has 3 rings (SSSR count). The van der Waals surface area contributed by atoms with Crippen molar-refractivity contribution in [3.8, 4) is 0 Å². The van der Waals surface area contributed by atoms with Gasteiger partial charge in [0.15, 0.2) is 0 Å². The summed E-state index contributed by atoms with van der Waals surface area (Å²) >= 11 is 0. The normalized spacial score (nSPS) is 9.57. The number of nitrogens with zero attached hydrogens (tertiary/aromatic N) is 4. The summed E-state index contributed by atoms with van der Waals surface area (Å²) in [5.41, 5.74) is 1.22. The molecule has 3 aromatic rings. The van der Waals surface area contributed by atoms with Crippen molar-refractivity contribution in [3.05, 3.63) is 60.5 Å². The van der Waals surface area contributed by atoms with Crippen LogP contribution in [0, 0.1) is 20.8 Å². The Morgan fingerprint density at radius 2 is 1.64 bits per heavy atom. The Kier molecular flexibility index (Phi) is 9.80. The predicted molar refractivity (Wildman–Crippen MR) is 104 cm³/mol. The summed E-state index contributed by atoms with van der Waals surface area (Å²) in [5, 5.41) is 8.36. The van der Waals surface area contributed by atoms with E-state index < -0.39 is 5.97 Å². The summed E-state index contributed by atoms with van der Waals surface area (Å²) < 4.78 is 8.10. The zero-order valence-electron chi connectivity index (χ0n) is 16.6. The van der Waals surface area contributed by atoms with Gasteiger partial charge in [0.05, 0.1) is 6.61 Å². The lowest BCUT2D eigenvalue weighted by atomic mass is 10.5. The molecule has 3 aromatic heterocycles. The van der Waals surface area contributed by atoms with Crippen LogP contribution in [0.1, 0.15) is 24.3 Å². The molecule has 0 fully saturated rings. The minimum atomic E-state index is -0.846. The fourth-order valence-electron chi connectivity index (χ4n) is 2.05. The van der Waals surface area contributed by atoms with Crippen LogP contribution in [0.2, 0.25) is 0 Å². The highest BCUT2D eigenvalue weighted by Gasteiger charge is 2.04. The van der Waals surface area contributed by atoms with Crippen molar-refractivity contribution in [2.45, 2.75) is 40.8 Å². The van der Waals surface area contributed by atoms with E-state index >= 15 is 0 Å². The molecule has 0 aliphatic carbocycles. The van der Waals surface area contributed by atoms with Gasteiger partial charge >= 0.3 is 11.9 Å². The average Bonchev–Trinajstić information content (AvgIpc) is 3.35. The molecule has 0 amide bonds. The number of carboxylic acids is 1. The van der Waals surface area contributed by atoms with E-state index in [0.29, 0.717) is 6.61 Å². The molecule has 0 spiro atoms. The van der Waals surface area contributed by atoms with E-state index in [0.717, 1.165) is 11.6 Å². The highest BCUT2D eigenvalue weighted by atomic mass is 16.5. The van der Waals surface area contributed by atoms with Gasteiger partial charge in [-0.3, -0.25) is 9.59 Å². The molecule has 0 aliphatic rings. The Hall–Kier alpha value is -3.36. The SMILES string of the molecule is CCOC(=O)Cn1ccnc1C.Cc1ccc[nH]1.Cc1nccn1CC(=O)O. The van der Waals surface area contributed by atoms with Crippen LogP contribution in [0.25, 0.3) is 0 Å². The molecule has 9 heteroatoms. The van der Waals surface area contributed by atoms with Crippen molar-refractivity contribution in [2.75, 3.05) is 6.61 Å². The van der Waals surface area contributed by atoms with Crippen molar-refractivity contribution >= 4 is 11.9 Å². The first-order valence-corrected chi connectivity index (χ1v) is 8.76. The number of hydrogen-bond donors (Lipinski definition) is 2. The van der Waals surface area contributed by atoms with E-state index in [1.54, 1.807) is 47.8 Å². The highest BCUT2D eigenvalue weighted by Crippen LogP contribution is 1.95. The number of carbonyl (C=O) groups is 2. The van der Waals surface area contributed by atoms with Crippen LogP contribution in [0.4, 0.5) is 0 Å². The summed E-state index contributed by atoms with van der Waals surface area (Å²) in [6, 6.07) is 4.01. The second-order valence-corrected chi connectivity index (χ2v) is 5.76. The first kappa shape index (κ1) is 22.7. The van der Waals surface area contributed by atoms with Gasteiger partial charge in [-0.25, -0.2) is 9.97 Å². The highest BCUT2D eigenvalue weighted by molar-refractivity contribution is 5.69. The molecule has 0 aliphatic heterocycles. The van der Waals surface area contributed by atoms with Gasteiger partial charge in [-0.15, -0.1) is 0 Å². The Labute approximate surface area is 164 Å². The van der Waals surface area contributed by atoms with Crippen LogP contribution in [-0.2, 0) is 27.4 Å². The Balaban J connectivity index is 0.000000221. The van der Waals surface area contributed by atoms with E-state index in [1.165, 1.54) is 5.69 Å². The fraction of sp³-hybridized carbons (Fsp3) is 0.368. The second kappa shape index (κ2) is 12.1. The average molecular weight is 389 g/mol. The van der Waals surface area contributed by atoms with Gasteiger partial charge in [-0.2, -0.15) is 0 Å². The first-order chi connectivity index (χ1) is 13.3. The van der Waals surface area contributed by atoms with Crippen LogP contribution in [0.15, 0.2) is 43.1 Å². The van der Waals surface area contributed by atoms with Gasteiger partial charge < -0.3 is 24.0 Å². The number of esters is 1. The number of nitrogens with one attached hydrogen (secondary N) is 1. The third kappa shape index (κ3) is 8.84. The Morgan fingerprint density at radius 3 is 1.96 bits per heavy atom. The number of aromatic amines is 1. The minimum absolute atomic E-state index is 0.00810. The van der Waals surface area contributed by atoms with E-state index in [2.05, 4.69) is 15.0 Å². The minimum Gasteiger partial charge on any atom is -0.480 e. The van der Waals surface area contributed by atoms with Gasteiger partial charge in [0, 0.05) is 36.7 Å². The number of H-pyrrole nitrogens is 1. The molecule has 9 nitrogen and oxygen atoms in total. The number of aliphatic carboxylic acids is 1. The number of carboxylic acid groups (broad SMARTS) is 1. The maximum atomic E-state index is 11.0. The lowest BCUT2D eigenvalue weighted by molar-refractivity contribution is -0.144. The largest absolute Gasteiger partial charge is 0.480 e. The zero-order valence-corrected chi connectivity index (χ0v) is 16.6. The van der Waals surface area contributed by atoms with Crippen molar-refractivity contribution in [1.29, 1.82) is 0 Å². The zero-order chi connectivity index (χ0) is 20.9. The third-order valence-electron chi connectivity index (χ3n) is 3.51. The fourth-order valence-corrected chi connectivity index (χ4v) is 2.05. The summed E-state index contributed by atoms with van der Waals surface area (Å²) in [4.78, 5) is 32.0. The first-order valence-electron chi connectivity index (χ1n) is 8.76. The topological polar surface area (TPSA) is 115 Å². The van der Waals surface area contributed by atoms with Gasteiger partial charge in [0.25, 0.3) is 0 Å². The molecule has 0 bridgehead atoms. The van der Waals surface area contributed by atoms with E-state index in [-0.39, 0.29) is 19.1 Å². The van der Waals surface area contributed by atoms with Crippen molar-refractivity contribution < 1.29 is 19.4 Å². The van der Waals surface area contributed by atoms with Gasteiger partial charge in [-0.1, -0.05) is 0 Å². The third-order valence-corrected chi connectivity index (χ3v) is 3.51. The van der Waals surface area contributed by atoms with Crippen molar-refractivity contribution in [1.82, 2.24) is 24.1 Å². The molecule has 3 heterocycles.